The third-order valence-electron chi connectivity index (χ3n) is 4.67. The normalized spacial score (nSPS) is 18.7. The summed E-state index contributed by atoms with van der Waals surface area (Å²) in [5.74, 6) is 0. The molecule has 0 bridgehead atoms. The third-order valence-corrected chi connectivity index (χ3v) is 5.02. The first-order valence-corrected chi connectivity index (χ1v) is 9.29. The van der Waals surface area contributed by atoms with Gasteiger partial charge in [0.05, 0.1) is 11.2 Å². The van der Waals surface area contributed by atoms with Gasteiger partial charge in [-0.05, 0) is 72.0 Å². The van der Waals surface area contributed by atoms with Crippen LogP contribution in [0.15, 0.2) is 18.2 Å². The summed E-state index contributed by atoms with van der Waals surface area (Å²) >= 11 is 6.42. The van der Waals surface area contributed by atoms with E-state index in [0.717, 1.165) is 11.0 Å². The lowest BCUT2D eigenvalue weighted by molar-refractivity contribution is 0.00578. The molecule has 1 aliphatic rings. The summed E-state index contributed by atoms with van der Waals surface area (Å²) in [6.45, 7) is 14.0. The van der Waals surface area contributed by atoms with E-state index in [-0.39, 0.29) is 11.2 Å². The zero-order chi connectivity index (χ0) is 19.8. The summed E-state index contributed by atoms with van der Waals surface area (Å²) < 4.78 is 17.3. The number of benzene rings is 1. The van der Waals surface area contributed by atoms with Crippen LogP contribution < -0.4 is 10.8 Å². The minimum absolute atomic E-state index is 0.389. The molecule has 0 spiro atoms. The van der Waals surface area contributed by atoms with E-state index < -0.39 is 18.8 Å². The van der Waals surface area contributed by atoms with Crippen molar-refractivity contribution in [1.29, 1.82) is 0 Å². The Bertz CT molecular complexity index is 654. The number of alkyl carbamates (subject to hydrolysis) is 1. The van der Waals surface area contributed by atoms with Crippen LogP contribution in [0, 0.1) is 0 Å². The molecule has 1 N–H and O–H groups in total. The Morgan fingerprint density at radius 3 is 2.27 bits per heavy atom. The van der Waals surface area contributed by atoms with Gasteiger partial charge in [-0.3, -0.25) is 0 Å². The second kappa shape index (κ2) is 7.41. The number of carbonyl (C=O) groups is 1. The second-order valence-corrected chi connectivity index (χ2v) is 9.02. The standard InChI is InChI=1S/C19H29BClNO4/c1-17(2,3)24-16(23)22-11-10-13-8-9-14(12-15(13)21)20-25-18(4,5)19(6,7)26-20/h8-9,12H,10-11H2,1-7H3,(H,22,23). The predicted molar refractivity (Wildman–Crippen MR) is 105 cm³/mol. The van der Waals surface area contributed by atoms with E-state index in [2.05, 4.69) is 5.32 Å². The minimum atomic E-state index is -0.508. The first-order chi connectivity index (χ1) is 11.8. The Morgan fingerprint density at radius 1 is 1.19 bits per heavy atom. The molecule has 144 valence electrons. The Balaban J connectivity index is 1.95. The zero-order valence-electron chi connectivity index (χ0n) is 16.7. The molecule has 0 saturated carbocycles. The van der Waals surface area contributed by atoms with Crippen molar-refractivity contribution >= 4 is 30.3 Å². The molecule has 0 unspecified atom stereocenters. The molecule has 7 heteroatoms. The van der Waals surface area contributed by atoms with Crippen LogP contribution in [0.4, 0.5) is 4.79 Å². The van der Waals surface area contributed by atoms with Crippen LogP contribution >= 0.6 is 11.6 Å². The summed E-state index contributed by atoms with van der Waals surface area (Å²) in [5, 5.41) is 3.36. The van der Waals surface area contributed by atoms with E-state index in [0.29, 0.717) is 18.0 Å². The average Bonchev–Trinajstić information content (AvgIpc) is 2.67. The van der Waals surface area contributed by atoms with Gasteiger partial charge in [0, 0.05) is 11.6 Å². The van der Waals surface area contributed by atoms with Crippen molar-refractivity contribution in [3.05, 3.63) is 28.8 Å². The SMILES string of the molecule is CC(C)(C)OC(=O)NCCc1ccc(B2OC(C)(C)C(C)(C)O2)cc1Cl. The molecule has 0 aromatic heterocycles. The lowest BCUT2D eigenvalue weighted by atomic mass is 9.78. The number of halogens is 1. The largest absolute Gasteiger partial charge is 0.494 e. The molecule has 0 aliphatic carbocycles. The van der Waals surface area contributed by atoms with E-state index in [1.165, 1.54) is 0 Å². The Kier molecular flexibility index (Phi) is 6.01. The number of nitrogens with one attached hydrogen (secondary N) is 1. The highest BCUT2D eigenvalue weighted by molar-refractivity contribution is 6.62. The molecule has 2 rings (SSSR count). The minimum Gasteiger partial charge on any atom is -0.444 e. The average molecular weight is 382 g/mol. The first kappa shape index (κ1) is 21.1. The number of carbonyl (C=O) groups excluding carboxylic acids is 1. The highest BCUT2D eigenvalue weighted by Gasteiger charge is 2.51. The van der Waals surface area contributed by atoms with Crippen molar-refractivity contribution in [3.8, 4) is 0 Å². The Labute approximate surface area is 161 Å². The molecule has 1 aliphatic heterocycles. The molecule has 0 radical (unpaired) electrons. The van der Waals surface area contributed by atoms with E-state index in [9.17, 15) is 4.79 Å². The summed E-state index contributed by atoms with van der Waals surface area (Å²) in [7, 11) is -0.438. The van der Waals surface area contributed by atoms with Gasteiger partial charge in [-0.25, -0.2) is 4.79 Å². The van der Waals surface area contributed by atoms with Crippen molar-refractivity contribution in [1.82, 2.24) is 5.32 Å². The maximum absolute atomic E-state index is 11.7. The second-order valence-electron chi connectivity index (χ2n) is 8.62. The fraction of sp³-hybridized carbons (Fsp3) is 0.632. The van der Waals surface area contributed by atoms with Crippen LogP contribution in [0.5, 0.6) is 0 Å². The molecule has 1 aromatic carbocycles. The highest BCUT2D eigenvalue weighted by atomic mass is 35.5. The van der Waals surface area contributed by atoms with Crippen molar-refractivity contribution in [2.45, 2.75) is 71.7 Å². The van der Waals surface area contributed by atoms with Crippen LogP contribution in [-0.4, -0.2) is 36.6 Å². The zero-order valence-corrected chi connectivity index (χ0v) is 17.5. The molecule has 1 fully saturated rings. The molecule has 1 heterocycles. The number of ether oxygens (including phenoxy) is 1. The van der Waals surface area contributed by atoms with Gasteiger partial charge >= 0.3 is 13.2 Å². The number of amides is 1. The predicted octanol–water partition coefficient (Wildman–Crippen LogP) is 3.71. The van der Waals surface area contributed by atoms with Crippen molar-refractivity contribution in [2.24, 2.45) is 0 Å². The number of rotatable bonds is 4. The van der Waals surface area contributed by atoms with Crippen LogP contribution in [0.3, 0.4) is 0 Å². The Hall–Kier alpha value is -1.24. The summed E-state index contributed by atoms with van der Waals surface area (Å²) in [6.07, 6.45) is 0.185. The van der Waals surface area contributed by atoms with Gasteiger partial charge in [-0.15, -0.1) is 0 Å². The van der Waals surface area contributed by atoms with Gasteiger partial charge in [0.1, 0.15) is 5.60 Å². The lowest BCUT2D eigenvalue weighted by Gasteiger charge is -2.32. The molecule has 1 saturated heterocycles. The van der Waals surface area contributed by atoms with Gasteiger partial charge in [0.15, 0.2) is 0 Å². The van der Waals surface area contributed by atoms with Crippen molar-refractivity contribution in [3.63, 3.8) is 0 Å². The first-order valence-electron chi connectivity index (χ1n) is 8.91. The van der Waals surface area contributed by atoms with E-state index in [1.807, 2.05) is 66.7 Å². The molecule has 5 nitrogen and oxygen atoms in total. The Morgan fingerprint density at radius 2 is 1.77 bits per heavy atom. The molecular formula is C19H29BClNO4. The van der Waals surface area contributed by atoms with E-state index >= 15 is 0 Å². The van der Waals surface area contributed by atoms with Gasteiger partial charge < -0.3 is 19.4 Å². The van der Waals surface area contributed by atoms with Crippen LogP contribution in [-0.2, 0) is 20.5 Å². The summed E-state index contributed by atoms with van der Waals surface area (Å²) in [4.78, 5) is 11.7. The van der Waals surface area contributed by atoms with E-state index in [1.54, 1.807) is 0 Å². The van der Waals surface area contributed by atoms with Gasteiger partial charge in [-0.2, -0.15) is 0 Å². The van der Waals surface area contributed by atoms with Crippen molar-refractivity contribution < 1.29 is 18.8 Å². The molecule has 1 aromatic rings. The maximum atomic E-state index is 11.7. The summed E-state index contributed by atoms with van der Waals surface area (Å²) in [5.41, 5.74) is 0.549. The molecule has 1 amide bonds. The monoisotopic (exact) mass is 381 g/mol. The number of hydrogen-bond donors (Lipinski definition) is 1. The molecular weight excluding hydrogens is 352 g/mol. The fourth-order valence-electron chi connectivity index (χ4n) is 2.51. The summed E-state index contributed by atoms with van der Waals surface area (Å²) in [6, 6.07) is 5.77. The van der Waals surface area contributed by atoms with Crippen LogP contribution in [0.2, 0.25) is 5.02 Å². The van der Waals surface area contributed by atoms with Gasteiger partial charge in [0.25, 0.3) is 0 Å². The smallest absolute Gasteiger partial charge is 0.444 e. The van der Waals surface area contributed by atoms with E-state index in [4.69, 9.17) is 25.6 Å². The maximum Gasteiger partial charge on any atom is 0.494 e. The number of hydrogen-bond acceptors (Lipinski definition) is 4. The quantitative estimate of drug-likeness (QED) is 0.808. The molecule has 26 heavy (non-hydrogen) atoms. The van der Waals surface area contributed by atoms with Gasteiger partial charge in [0.2, 0.25) is 0 Å². The highest BCUT2D eigenvalue weighted by Crippen LogP contribution is 2.36. The fourth-order valence-corrected chi connectivity index (χ4v) is 2.79. The van der Waals surface area contributed by atoms with Crippen LogP contribution in [0.25, 0.3) is 0 Å². The van der Waals surface area contributed by atoms with Crippen LogP contribution in [0.1, 0.15) is 54.0 Å². The third kappa shape index (κ3) is 5.15. The topological polar surface area (TPSA) is 56.8 Å². The van der Waals surface area contributed by atoms with Gasteiger partial charge in [-0.1, -0.05) is 23.7 Å². The van der Waals surface area contributed by atoms with Crippen molar-refractivity contribution in [2.75, 3.05) is 6.54 Å². The molecule has 0 atom stereocenters. The lowest BCUT2D eigenvalue weighted by Crippen LogP contribution is -2.41.